The molecule has 0 atom stereocenters. The van der Waals surface area contributed by atoms with Gasteiger partial charge in [-0.2, -0.15) is 0 Å². The molecule has 0 heterocycles. The molecule has 0 aromatic heterocycles. The summed E-state index contributed by atoms with van der Waals surface area (Å²) in [6.07, 6.45) is 1.20. The van der Waals surface area contributed by atoms with Crippen LogP contribution in [0.1, 0.15) is 5.56 Å². The molecule has 92 valence electrons. The van der Waals surface area contributed by atoms with Gasteiger partial charge < -0.3 is 9.64 Å². The first-order valence-electron chi connectivity index (χ1n) is 5.12. The summed E-state index contributed by atoms with van der Waals surface area (Å²) < 4.78 is 5.06. The Morgan fingerprint density at radius 2 is 1.94 bits per heavy atom. The third kappa shape index (κ3) is 4.91. The van der Waals surface area contributed by atoms with Crippen LogP contribution >= 0.6 is 11.8 Å². The van der Waals surface area contributed by atoms with Gasteiger partial charge in [0.05, 0.1) is 6.54 Å². The standard InChI is InChI=1S/C12H15NO3S/c1-13(8-11(14)17-2)12(15)16-9-10-6-4-3-5-7-10/h3-7H,8-9H2,1-2H3. The molecule has 0 aliphatic rings. The summed E-state index contributed by atoms with van der Waals surface area (Å²) in [5.74, 6) is 0. The monoisotopic (exact) mass is 253 g/mol. The highest BCUT2D eigenvalue weighted by atomic mass is 32.2. The molecule has 0 aliphatic heterocycles. The molecule has 0 spiro atoms. The Bertz CT molecular complexity index is 381. The average Bonchev–Trinajstić information content (AvgIpc) is 2.36. The summed E-state index contributed by atoms with van der Waals surface area (Å²) >= 11 is 1.10. The van der Waals surface area contributed by atoms with Crippen LogP contribution < -0.4 is 0 Å². The van der Waals surface area contributed by atoms with E-state index in [-0.39, 0.29) is 18.3 Å². The van der Waals surface area contributed by atoms with Gasteiger partial charge in [0.1, 0.15) is 6.61 Å². The zero-order valence-electron chi connectivity index (χ0n) is 9.88. The average molecular weight is 253 g/mol. The minimum absolute atomic E-state index is 0.0643. The number of likely N-dealkylation sites (N-methyl/N-ethyl adjacent to an activating group) is 1. The highest BCUT2D eigenvalue weighted by molar-refractivity contribution is 8.13. The number of thioether (sulfide) groups is 1. The van der Waals surface area contributed by atoms with Crippen molar-refractivity contribution in [2.45, 2.75) is 6.61 Å². The lowest BCUT2D eigenvalue weighted by molar-refractivity contribution is -0.111. The van der Waals surface area contributed by atoms with Gasteiger partial charge in [0.25, 0.3) is 0 Å². The second-order valence-electron chi connectivity index (χ2n) is 3.47. The van der Waals surface area contributed by atoms with Crippen LogP contribution in [0.25, 0.3) is 0 Å². The number of carbonyl (C=O) groups is 2. The Morgan fingerprint density at radius 3 is 2.53 bits per heavy atom. The minimum atomic E-state index is -0.490. The maximum atomic E-state index is 11.5. The fraction of sp³-hybridized carbons (Fsp3) is 0.333. The normalized spacial score (nSPS) is 9.76. The van der Waals surface area contributed by atoms with E-state index in [0.717, 1.165) is 17.3 Å². The molecule has 0 aliphatic carbocycles. The number of carbonyl (C=O) groups excluding carboxylic acids is 2. The van der Waals surface area contributed by atoms with Crippen molar-refractivity contribution in [1.82, 2.24) is 4.90 Å². The zero-order chi connectivity index (χ0) is 12.7. The van der Waals surface area contributed by atoms with E-state index in [0.29, 0.717) is 0 Å². The van der Waals surface area contributed by atoms with Crippen LogP contribution in [0.4, 0.5) is 4.79 Å². The number of amides is 1. The maximum absolute atomic E-state index is 11.5. The Balaban J connectivity index is 2.37. The predicted molar refractivity (Wildman–Crippen MR) is 67.8 cm³/mol. The third-order valence-corrected chi connectivity index (χ3v) is 2.70. The van der Waals surface area contributed by atoms with E-state index in [9.17, 15) is 9.59 Å². The molecule has 0 bridgehead atoms. The quantitative estimate of drug-likeness (QED) is 0.825. The first kappa shape index (κ1) is 13.6. The van der Waals surface area contributed by atoms with Crippen LogP contribution in [0.2, 0.25) is 0 Å². The van der Waals surface area contributed by atoms with Gasteiger partial charge >= 0.3 is 6.09 Å². The van der Waals surface area contributed by atoms with Crippen LogP contribution in [-0.2, 0) is 16.1 Å². The van der Waals surface area contributed by atoms with E-state index in [4.69, 9.17) is 4.74 Å². The van der Waals surface area contributed by atoms with Crippen molar-refractivity contribution in [1.29, 1.82) is 0 Å². The molecule has 1 aromatic rings. The smallest absolute Gasteiger partial charge is 0.410 e. The number of hydrogen-bond acceptors (Lipinski definition) is 4. The summed E-state index contributed by atoms with van der Waals surface area (Å²) in [6, 6.07) is 9.41. The molecular weight excluding hydrogens is 238 g/mol. The van der Waals surface area contributed by atoms with E-state index in [1.165, 1.54) is 4.90 Å². The van der Waals surface area contributed by atoms with Gasteiger partial charge in [0.2, 0.25) is 5.12 Å². The van der Waals surface area contributed by atoms with Crippen LogP contribution in [-0.4, -0.2) is 36.0 Å². The van der Waals surface area contributed by atoms with Gasteiger partial charge in [-0.1, -0.05) is 42.1 Å². The molecular formula is C12H15NO3S. The summed E-state index contributed by atoms with van der Waals surface area (Å²) in [4.78, 5) is 23.9. The first-order chi connectivity index (χ1) is 8.13. The number of hydrogen-bond donors (Lipinski definition) is 0. The molecule has 17 heavy (non-hydrogen) atoms. The van der Waals surface area contributed by atoms with Crippen molar-refractivity contribution in [3.8, 4) is 0 Å². The molecule has 4 nitrogen and oxygen atoms in total. The van der Waals surface area contributed by atoms with Crippen molar-refractivity contribution < 1.29 is 14.3 Å². The van der Waals surface area contributed by atoms with E-state index < -0.39 is 6.09 Å². The number of ether oxygens (including phenoxy) is 1. The molecule has 1 aromatic carbocycles. The maximum Gasteiger partial charge on any atom is 0.410 e. The Labute approximate surface area is 105 Å². The molecule has 0 saturated heterocycles. The molecule has 1 amide bonds. The van der Waals surface area contributed by atoms with Crippen LogP contribution in [0.5, 0.6) is 0 Å². The van der Waals surface area contributed by atoms with Gasteiger partial charge in [-0.15, -0.1) is 0 Å². The van der Waals surface area contributed by atoms with E-state index in [1.807, 2.05) is 30.3 Å². The number of nitrogens with zero attached hydrogens (tertiary/aromatic N) is 1. The molecule has 0 fully saturated rings. The van der Waals surface area contributed by atoms with Crippen molar-refractivity contribution in [3.05, 3.63) is 35.9 Å². The van der Waals surface area contributed by atoms with Crippen LogP contribution in [0.15, 0.2) is 30.3 Å². The summed E-state index contributed by atoms with van der Waals surface area (Å²) in [6.45, 7) is 0.284. The summed E-state index contributed by atoms with van der Waals surface area (Å²) in [5.41, 5.74) is 0.922. The van der Waals surface area contributed by atoms with Crippen molar-refractivity contribution >= 4 is 23.0 Å². The Morgan fingerprint density at radius 1 is 1.29 bits per heavy atom. The van der Waals surface area contributed by atoms with Gasteiger partial charge in [-0.25, -0.2) is 4.79 Å². The highest BCUT2D eigenvalue weighted by Gasteiger charge is 2.13. The lowest BCUT2D eigenvalue weighted by atomic mass is 10.2. The molecule has 0 saturated carbocycles. The fourth-order valence-electron chi connectivity index (χ4n) is 1.15. The number of rotatable bonds is 4. The molecule has 0 radical (unpaired) electrons. The zero-order valence-corrected chi connectivity index (χ0v) is 10.7. The predicted octanol–water partition coefficient (Wildman–Crippen LogP) is 2.14. The fourth-order valence-corrected chi connectivity index (χ4v) is 1.47. The van der Waals surface area contributed by atoms with Crippen LogP contribution in [0.3, 0.4) is 0 Å². The first-order valence-corrected chi connectivity index (χ1v) is 6.34. The van der Waals surface area contributed by atoms with Gasteiger partial charge in [0, 0.05) is 7.05 Å². The Hall–Kier alpha value is -1.49. The van der Waals surface area contributed by atoms with Gasteiger partial charge in [-0.05, 0) is 11.8 Å². The molecule has 5 heteroatoms. The second kappa shape index (κ2) is 6.96. The molecule has 0 unspecified atom stereocenters. The lowest BCUT2D eigenvalue weighted by Gasteiger charge is -2.15. The van der Waals surface area contributed by atoms with Crippen molar-refractivity contribution in [2.75, 3.05) is 19.8 Å². The molecule has 1 rings (SSSR count). The summed E-state index contributed by atoms with van der Waals surface area (Å²) in [7, 11) is 1.54. The summed E-state index contributed by atoms with van der Waals surface area (Å²) in [5, 5.41) is -0.0656. The molecule has 0 N–H and O–H groups in total. The van der Waals surface area contributed by atoms with E-state index in [2.05, 4.69) is 0 Å². The van der Waals surface area contributed by atoms with Crippen molar-refractivity contribution in [3.63, 3.8) is 0 Å². The van der Waals surface area contributed by atoms with E-state index in [1.54, 1.807) is 13.3 Å². The van der Waals surface area contributed by atoms with E-state index >= 15 is 0 Å². The van der Waals surface area contributed by atoms with Gasteiger partial charge in [0.15, 0.2) is 0 Å². The highest BCUT2D eigenvalue weighted by Crippen LogP contribution is 2.03. The van der Waals surface area contributed by atoms with Crippen LogP contribution in [0, 0.1) is 0 Å². The van der Waals surface area contributed by atoms with Gasteiger partial charge in [-0.3, -0.25) is 4.79 Å². The largest absolute Gasteiger partial charge is 0.445 e. The second-order valence-corrected chi connectivity index (χ2v) is 4.34. The Kier molecular flexibility index (Phi) is 5.56. The van der Waals surface area contributed by atoms with Crippen molar-refractivity contribution in [2.24, 2.45) is 0 Å². The third-order valence-electron chi connectivity index (χ3n) is 2.11. The topological polar surface area (TPSA) is 46.6 Å². The number of benzene rings is 1. The lowest BCUT2D eigenvalue weighted by Crippen LogP contribution is -2.31. The minimum Gasteiger partial charge on any atom is -0.445 e. The SMILES string of the molecule is CSC(=O)CN(C)C(=O)OCc1ccccc1.